The van der Waals surface area contributed by atoms with Crippen LogP contribution in [-0.2, 0) is 0 Å². The highest BCUT2D eigenvalue weighted by molar-refractivity contribution is 8.00. The van der Waals surface area contributed by atoms with E-state index in [1.54, 1.807) is 35.5 Å². The Morgan fingerprint density at radius 2 is 1.67 bits per heavy atom. The highest BCUT2D eigenvalue weighted by Gasteiger charge is 2.32. The van der Waals surface area contributed by atoms with E-state index < -0.39 is 0 Å². The van der Waals surface area contributed by atoms with E-state index in [2.05, 4.69) is 20.0 Å². The molecule has 0 spiro atoms. The van der Waals surface area contributed by atoms with Crippen molar-refractivity contribution in [2.24, 2.45) is 0 Å². The fourth-order valence-corrected chi connectivity index (χ4v) is 4.41. The summed E-state index contributed by atoms with van der Waals surface area (Å²) in [5.74, 6) is -0.266. The Balaban J connectivity index is 1.14. The Bertz CT molecular complexity index is 1290. The first kappa shape index (κ1) is 21.0. The zero-order chi connectivity index (χ0) is 22.6. The molecule has 1 aliphatic rings. The molecule has 2 aromatic carbocycles. The fraction of sp³-hybridized carbons (Fsp3) is 0.120. The molecule has 33 heavy (non-hydrogen) atoms. The maximum Gasteiger partial charge on any atom is 0.270 e. The second-order valence-electron chi connectivity index (χ2n) is 7.71. The number of aromatic nitrogens is 2. The van der Waals surface area contributed by atoms with Crippen LogP contribution in [0.5, 0.6) is 0 Å². The lowest BCUT2D eigenvalue weighted by molar-refractivity contribution is 0.0542. The van der Waals surface area contributed by atoms with Gasteiger partial charge in [-0.25, -0.2) is 0 Å². The smallest absolute Gasteiger partial charge is 0.270 e. The van der Waals surface area contributed by atoms with Crippen LogP contribution in [0, 0.1) is 0 Å². The van der Waals surface area contributed by atoms with Gasteiger partial charge in [-0.05, 0) is 60.5 Å². The first-order valence-corrected chi connectivity index (χ1v) is 11.4. The molecule has 1 fully saturated rings. The zero-order valence-corrected chi connectivity index (χ0v) is 18.5. The number of carbonyl (C=O) groups excluding carboxylic acids is 2. The van der Waals surface area contributed by atoms with Crippen molar-refractivity contribution in [3.63, 3.8) is 0 Å². The molecule has 0 aliphatic carbocycles. The molecule has 2 amide bonds. The highest BCUT2D eigenvalue weighted by Crippen LogP contribution is 2.27. The van der Waals surface area contributed by atoms with Crippen LogP contribution in [0.4, 0.5) is 5.69 Å². The number of hydrogen-bond acceptors (Lipinski definition) is 6. The van der Waals surface area contributed by atoms with E-state index in [-0.39, 0.29) is 17.9 Å². The summed E-state index contributed by atoms with van der Waals surface area (Å²) in [6.45, 7) is 0.975. The van der Waals surface area contributed by atoms with E-state index in [1.165, 1.54) is 11.9 Å². The van der Waals surface area contributed by atoms with E-state index in [0.717, 1.165) is 21.5 Å². The van der Waals surface area contributed by atoms with Gasteiger partial charge in [0.2, 0.25) is 0 Å². The van der Waals surface area contributed by atoms with E-state index in [4.69, 9.17) is 0 Å². The van der Waals surface area contributed by atoms with Gasteiger partial charge in [-0.1, -0.05) is 24.3 Å². The number of hydrogen-bond donors (Lipinski definition) is 2. The van der Waals surface area contributed by atoms with Crippen LogP contribution >= 0.6 is 11.9 Å². The van der Waals surface area contributed by atoms with Crippen LogP contribution < -0.4 is 10.0 Å². The third kappa shape index (κ3) is 4.65. The van der Waals surface area contributed by atoms with Crippen LogP contribution in [0.15, 0.2) is 90.1 Å². The molecule has 0 bridgehead atoms. The Morgan fingerprint density at radius 3 is 2.45 bits per heavy atom. The van der Waals surface area contributed by atoms with Crippen molar-refractivity contribution in [3.8, 4) is 0 Å². The third-order valence-electron chi connectivity index (χ3n) is 5.41. The molecule has 2 aromatic heterocycles. The molecule has 0 radical (unpaired) electrons. The quantitative estimate of drug-likeness (QED) is 0.427. The van der Waals surface area contributed by atoms with Crippen molar-refractivity contribution in [1.82, 2.24) is 20.2 Å². The van der Waals surface area contributed by atoms with Crippen molar-refractivity contribution in [2.45, 2.75) is 10.9 Å². The molecule has 0 atom stereocenters. The topological polar surface area (TPSA) is 87.2 Å². The van der Waals surface area contributed by atoms with Crippen LogP contribution in [-0.4, -0.2) is 45.8 Å². The van der Waals surface area contributed by atoms with Gasteiger partial charge in [0.1, 0.15) is 5.69 Å². The molecule has 164 valence electrons. The van der Waals surface area contributed by atoms with Crippen LogP contribution in [0.25, 0.3) is 10.9 Å². The van der Waals surface area contributed by atoms with Gasteiger partial charge >= 0.3 is 0 Å². The lowest BCUT2D eigenvalue weighted by atomic mass is 10.1. The lowest BCUT2D eigenvalue weighted by Crippen LogP contribution is -2.61. The molecule has 7 nitrogen and oxygen atoms in total. The Labute approximate surface area is 195 Å². The summed E-state index contributed by atoms with van der Waals surface area (Å²) in [6.07, 6.45) is 3.37. The number of benzene rings is 2. The standard InChI is InChI=1S/C25H21N5O2S/c31-24(21-7-1-2-13-26-21)28-20-15-30(16-20)25(32)18-9-11-19(12-10-18)29-33-22-8-3-5-17-6-4-14-27-23(17)22/h1-14,20,29H,15-16H2,(H,28,31). The SMILES string of the molecule is O=C(NC1CN(C(=O)c2ccc(NSc3cccc4cccnc34)cc2)C1)c1ccccn1. The largest absolute Gasteiger partial charge is 0.344 e. The molecule has 0 unspecified atom stereocenters. The number of anilines is 1. The normalized spacial score (nSPS) is 13.4. The molecule has 1 saturated heterocycles. The molecule has 3 heterocycles. The molecule has 0 saturated carbocycles. The lowest BCUT2D eigenvalue weighted by Gasteiger charge is -2.39. The molecular weight excluding hydrogens is 434 g/mol. The van der Waals surface area contributed by atoms with Crippen LogP contribution in [0.1, 0.15) is 20.8 Å². The number of fused-ring (bicyclic) bond motifs is 1. The van der Waals surface area contributed by atoms with Gasteiger partial charge in [-0.3, -0.25) is 19.6 Å². The van der Waals surface area contributed by atoms with Gasteiger partial charge in [0, 0.05) is 42.1 Å². The van der Waals surface area contributed by atoms with E-state index in [9.17, 15) is 9.59 Å². The van der Waals surface area contributed by atoms with Crippen molar-refractivity contribution < 1.29 is 9.59 Å². The number of para-hydroxylation sites is 1. The first-order chi connectivity index (χ1) is 16.2. The Kier molecular flexibility index (Phi) is 5.91. The van der Waals surface area contributed by atoms with E-state index in [0.29, 0.717) is 24.3 Å². The number of likely N-dealkylation sites (tertiary alicyclic amines) is 1. The van der Waals surface area contributed by atoms with E-state index in [1.807, 2.05) is 54.6 Å². The van der Waals surface area contributed by atoms with Gasteiger partial charge in [0.05, 0.1) is 16.5 Å². The summed E-state index contributed by atoms with van der Waals surface area (Å²) < 4.78 is 3.32. The van der Waals surface area contributed by atoms with Crippen molar-refractivity contribution >= 4 is 40.4 Å². The van der Waals surface area contributed by atoms with Gasteiger partial charge in [0.15, 0.2) is 0 Å². The number of nitrogens with zero attached hydrogens (tertiary/aromatic N) is 3. The molecule has 4 aromatic rings. The fourth-order valence-electron chi connectivity index (χ4n) is 3.63. The Hall–Kier alpha value is -3.91. The second-order valence-corrected chi connectivity index (χ2v) is 8.56. The van der Waals surface area contributed by atoms with Crippen molar-refractivity contribution in [3.05, 3.63) is 96.4 Å². The maximum atomic E-state index is 12.7. The predicted molar refractivity (Wildman–Crippen MR) is 129 cm³/mol. The Morgan fingerprint density at radius 1 is 0.879 bits per heavy atom. The number of rotatable bonds is 6. The predicted octanol–water partition coefficient (Wildman–Crippen LogP) is 4.00. The van der Waals surface area contributed by atoms with Gasteiger partial charge in [0.25, 0.3) is 11.8 Å². The number of pyridine rings is 2. The summed E-state index contributed by atoms with van der Waals surface area (Å²) in [5.41, 5.74) is 2.84. The van der Waals surface area contributed by atoms with Crippen LogP contribution in [0.2, 0.25) is 0 Å². The maximum absolute atomic E-state index is 12.7. The number of amides is 2. The zero-order valence-electron chi connectivity index (χ0n) is 17.6. The molecule has 2 N–H and O–H groups in total. The first-order valence-electron chi connectivity index (χ1n) is 10.6. The summed E-state index contributed by atoms with van der Waals surface area (Å²) in [7, 11) is 0. The minimum atomic E-state index is -0.220. The third-order valence-corrected chi connectivity index (χ3v) is 6.30. The highest BCUT2D eigenvalue weighted by atomic mass is 32.2. The van der Waals surface area contributed by atoms with Gasteiger partial charge in [-0.15, -0.1) is 0 Å². The summed E-state index contributed by atoms with van der Waals surface area (Å²) in [5, 5.41) is 4.00. The molecule has 5 rings (SSSR count). The minimum Gasteiger partial charge on any atom is -0.344 e. The number of carbonyl (C=O) groups is 2. The monoisotopic (exact) mass is 455 g/mol. The molecular formula is C25H21N5O2S. The van der Waals surface area contributed by atoms with Crippen LogP contribution in [0.3, 0.4) is 0 Å². The van der Waals surface area contributed by atoms with E-state index >= 15 is 0 Å². The second kappa shape index (κ2) is 9.30. The number of nitrogens with one attached hydrogen (secondary N) is 2. The van der Waals surface area contributed by atoms with Crippen molar-refractivity contribution in [2.75, 3.05) is 17.8 Å². The summed E-state index contributed by atoms with van der Waals surface area (Å²) >= 11 is 1.49. The average molecular weight is 456 g/mol. The molecule has 8 heteroatoms. The average Bonchev–Trinajstić information content (AvgIpc) is 2.85. The van der Waals surface area contributed by atoms with Gasteiger partial charge in [-0.2, -0.15) is 0 Å². The summed E-state index contributed by atoms with van der Waals surface area (Å²) in [6, 6.07) is 22.6. The minimum absolute atomic E-state index is 0.0456. The van der Waals surface area contributed by atoms with Gasteiger partial charge < -0.3 is 14.9 Å². The molecule has 1 aliphatic heterocycles. The summed E-state index contributed by atoms with van der Waals surface area (Å²) in [4.78, 5) is 36.2. The van der Waals surface area contributed by atoms with Crippen molar-refractivity contribution in [1.29, 1.82) is 0 Å².